The van der Waals surface area contributed by atoms with E-state index < -0.39 is 6.04 Å². The van der Waals surface area contributed by atoms with Gasteiger partial charge in [-0.2, -0.15) is 0 Å². The summed E-state index contributed by atoms with van der Waals surface area (Å²) in [5.74, 6) is -0.192. The molecule has 4 nitrogen and oxygen atoms in total. The minimum absolute atomic E-state index is 0.192. The van der Waals surface area contributed by atoms with E-state index in [1.54, 1.807) is 18.3 Å². The van der Waals surface area contributed by atoms with Crippen LogP contribution in [0.1, 0.15) is 6.92 Å². The van der Waals surface area contributed by atoms with E-state index in [1.807, 2.05) is 42.5 Å². The van der Waals surface area contributed by atoms with Gasteiger partial charge in [0.15, 0.2) is 0 Å². The Morgan fingerprint density at radius 2 is 1.90 bits per heavy atom. The maximum absolute atomic E-state index is 11.5. The monoisotopic (exact) mass is 297 g/mol. The Morgan fingerprint density at radius 1 is 1.19 bits per heavy atom. The first-order valence-corrected chi connectivity index (χ1v) is 7.47. The average Bonchev–Trinajstić information content (AvgIpc) is 2.91. The molecule has 1 amide bonds. The van der Waals surface area contributed by atoms with Crippen molar-refractivity contribution in [3.05, 3.63) is 48.5 Å². The van der Waals surface area contributed by atoms with Crippen molar-refractivity contribution in [2.75, 3.05) is 5.32 Å². The molecular formula is C16H15N3OS. The summed E-state index contributed by atoms with van der Waals surface area (Å²) >= 11 is 1.66. The molecular weight excluding hydrogens is 282 g/mol. The van der Waals surface area contributed by atoms with Crippen molar-refractivity contribution in [3.63, 3.8) is 0 Å². The van der Waals surface area contributed by atoms with Gasteiger partial charge >= 0.3 is 0 Å². The van der Waals surface area contributed by atoms with Gasteiger partial charge < -0.3 is 11.1 Å². The molecule has 0 spiro atoms. The van der Waals surface area contributed by atoms with Gasteiger partial charge in [0.25, 0.3) is 0 Å². The summed E-state index contributed by atoms with van der Waals surface area (Å²) in [4.78, 5) is 16.2. The topological polar surface area (TPSA) is 68.0 Å². The van der Waals surface area contributed by atoms with Crippen LogP contribution in [0.5, 0.6) is 0 Å². The van der Waals surface area contributed by atoms with E-state index in [4.69, 9.17) is 5.73 Å². The van der Waals surface area contributed by atoms with Crippen LogP contribution in [-0.2, 0) is 4.79 Å². The number of nitrogens with two attached hydrogens (primary N) is 1. The number of fused-ring (bicyclic) bond motifs is 1. The second kappa shape index (κ2) is 5.63. The molecule has 0 aliphatic rings. The third kappa shape index (κ3) is 2.94. The van der Waals surface area contributed by atoms with Gasteiger partial charge in [-0.1, -0.05) is 12.1 Å². The number of rotatable bonds is 3. The van der Waals surface area contributed by atoms with Crippen LogP contribution in [0.25, 0.3) is 20.8 Å². The molecule has 0 bridgehead atoms. The van der Waals surface area contributed by atoms with E-state index in [0.29, 0.717) is 0 Å². The lowest BCUT2D eigenvalue weighted by atomic mass is 10.2. The van der Waals surface area contributed by atoms with Gasteiger partial charge in [0.1, 0.15) is 5.01 Å². The highest BCUT2D eigenvalue weighted by Crippen LogP contribution is 2.30. The Balaban J connectivity index is 1.85. The fraction of sp³-hybridized carbons (Fsp3) is 0.125. The van der Waals surface area contributed by atoms with Crippen molar-refractivity contribution in [2.24, 2.45) is 5.73 Å². The quantitative estimate of drug-likeness (QED) is 0.779. The number of benzene rings is 2. The summed E-state index contributed by atoms with van der Waals surface area (Å²) in [7, 11) is 0. The lowest BCUT2D eigenvalue weighted by Crippen LogP contribution is -2.32. The van der Waals surface area contributed by atoms with Crippen molar-refractivity contribution in [2.45, 2.75) is 13.0 Å². The largest absolute Gasteiger partial charge is 0.325 e. The number of nitrogens with zero attached hydrogens (tertiary/aromatic N) is 1. The fourth-order valence-electron chi connectivity index (χ4n) is 1.95. The number of amides is 1. The first-order chi connectivity index (χ1) is 10.1. The SMILES string of the molecule is CC(N)C(=O)Nc1ccc(-c2nc3ccccc3s2)cc1. The van der Waals surface area contributed by atoms with Crippen LogP contribution < -0.4 is 11.1 Å². The highest BCUT2D eigenvalue weighted by Gasteiger charge is 2.09. The predicted octanol–water partition coefficient (Wildman–Crippen LogP) is 3.25. The molecule has 0 aliphatic heterocycles. The van der Waals surface area contributed by atoms with Gasteiger partial charge in [-0.25, -0.2) is 4.98 Å². The lowest BCUT2D eigenvalue weighted by molar-refractivity contribution is -0.117. The van der Waals surface area contributed by atoms with Crippen LogP contribution in [0.3, 0.4) is 0 Å². The molecule has 3 rings (SSSR count). The number of hydrogen-bond acceptors (Lipinski definition) is 4. The number of thiazole rings is 1. The molecule has 3 N–H and O–H groups in total. The van der Waals surface area contributed by atoms with E-state index in [0.717, 1.165) is 21.8 Å². The maximum atomic E-state index is 11.5. The third-order valence-electron chi connectivity index (χ3n) is 3.11. The summed E-state index contributed by atoms with van der Waals surface area (Å²) in [6, 6.07) is 15.2. The Kier molecular flexibility index (Phi) is 3.68. The highest BCUT2D eigenvalue weighted by atomic mass is 32.1. The third-order valence-corrected chi connectivity index (χ3v) is 4.19. The van der Waals surface area contributed by atoms with Crippen LogP contribution >= 0.6 is 11.3 Å². The summed E-state index contributed by atoms with van der Waals surface area (Å²) in [6.07, 6.45) is 0. The highest BCUT2D eigenvalue weighted by molar-refractivity contribution is 7.21. The Bertz CT molecular complexity index is 745. The smallest absolute Gasteiger partial charge is 0.240 e. The number of para-hydroxylation sites is 1. The minimum Gasteiger partial charge on any atom is -0.325 e. The van der Waals surface area contributed by atoms with Crippen molar-refractivity contribution < 1.29 is 4.79 Å². The molecule has 2 aromatic carbocycles. The zero-order chi connectivity index (χ0) is 14.8. The van der Waals surface area contributed by atoms with Gasteiger partial charge in [0.05, 0.1) is 16.3 Å². The number of aromatic nitrogens is 1. The average molecular weight is 297 g/mol. The zero-order valence-electron chi connectivity index (χ0n) is 11.5. The number of hydrogen-bond donors (Lipinski definition) is 2. The van der Waals surface area contributed by atoms with Crippen LogP contribution in [0, 0.1) is 0 Å². The molecule has 106 valence electrons. The minimum atomic E-state index is -0.520. The van der Waals surface area contributed by atoms with E-state index in [9.17, 15) is 4.79 Å². The van der Waals surface area contributed by atoms with Crippen LogP contribution in [0.4, 0.5) is 5.69 Å². The molecule has 1 unspecified atom stereocenters. The molecule has 5 heteroatoms. The van der Waals surface area contributed by atoms with Gasteiger partial charge in [-0.15, -0.1) is 11.3 Å². The van der Waals surface area contributed by atoms with E-state index in [-0.39, 0.29) is 5.91 Å². The Hall–Kier alpha value is -2.24. The van der Waals surface area contributed by atoms with Gasteiger partial charge in [0, 0.05) is 11.3 Å². The van der Waals surface area contributed by atoms with Gasteiger partial charge in [0.2, 0.25) is 5.91 Å². The lowest BCUT2D eigenvalue weighted by Gasteiger charge is -2.07. The van der Waals surface area contributed by atoms with Crippen LogP contribution in [-0.4, -0.2) is 16.9 Å². The van der Waals surface area contributed by atoms with E-state index in [2.05, 4.69) is 16.4 Å². The predicted molar refractivity (Wildman–Crippen MR) is 87.3 cm³/mol. The van der Waals surface area contributed by atoms with Gasteiger partial charge in [-0.3, -0.25) is 4.79 Å². The fourth-order valence-corrected chi connectivity index (χ4v) is 2.92. The second-order valence-electron chi connectivity index (χ2n) is 4.84. The summed E-state index contributed by atoms with van der Waals surface area (Å²) in [6.45, 7) is 1.66. The number of anilines is 1. The first kappa shape index (κ1) is 13.7. The molecule has 1 atom stereocenters. The van der Waals surface area contributed by atoms with Crippen molar-refractivity contribution in [1.29, 1.82) is 0 Å². The number of carbonyl (C=O) groups excluding carboxylic acids is 1. The Labute approximate surface area is 126 Å². The summed E-state index contributed by atoms with van der Waals surface area (Å²) in [5, 5.41) is 3.74. The second-order valence-corrected chi connectivity index (χ2v) is 5.87. The molecule has 0 radical (unpaired) electrons. The summed E-state index contributed by atoms with van der Waals surface area (Å²) < 4.78 is 1.17. The first-order valence-electron chi connectivity index (χ1n) is 6.66. The molecule has 21 heavy (non-hydrogen) atoms. The van der Waals surface area contributed by atoms with E-state index in [1.165, 1.54) is 4.70 Å². The van der Waals surface area contributed by atoms with Crippen LogP contribution in [0.2, 0.25) is 0 Å². The van der Waals surface area contributed by atoms with Crippen molar-refractivity contribution in [1.82, 2.24) is 4.98 Å². The molecule has 0 aliphatic carbocycles. The maximum Gasteiger partial charge on any atom is 0.240 e. The van der Waals surface area contributed by atoms with Crippen molar-refractivity contribution in [3.8, 4) is 10.6 Å². The normalized spacial score (nSPS) is 12.3. The summed E-state index contributed by atoms with van der Waals surface area (Å²) in [5.41, 5.74) is 8.31. The molecule has 3 aromatic rings. The van der Waals surface area contributed by atoms with Gasteiger partial charge in [-0.05, 0) is 43.3 Å². The molecule has 0 saturated carbocycles. The van der Waals surface area contributed by atoms with E-state index >= 15 is 0 Å². The molecule has 1 aromatic heterocycles. The molecule has 0 fully saturated rings. The number of nitrogens with one attached hydrogen (secondary N) is 1. The number of carbonyl (C=O) groups is 1. The van der Waals surface area contributed by atoms with Crippen molar-refractivity contribution >= 4 is 33.1 Å². The standard InChI is InChI=1S/C16H15N3OS/c1-10(17)15(20)18-12-8-6-11(7-9-12)16-19-13-4-2-3-5-14(13)21-16/h2-10H,17H2,1H3,(H,18,20). The Morgan fingerprint density at radius 3 is 2.57 bits per heavy atom. The van der Waals surface area contributed by atoms with Crippen LogP contribution in [0.15, 0.2) is 48.5 Å². The molecule has 1 heterocycles. The molecule has 0 saturated heterocycles. The zero-order valence-corrected chi connectivity index (χ0v) is 12.4.